The summed E-state index contributed by atoms with van der Waals surface area (Å²) in [4.78, 5) is 22.8. The van der Waals surface area contributed by atoms with Crippen molar-refractivity contribution in [3.8, 4) is 17.3 Å². The van der Waals surface area contributed by atoms with Crippen LogP contribution in [0.5, 0.6) is 0 Å². The third-order valence-electron chi connectivity index (χ3n) is 2.68. The van der Waals surface area contributed by atoms with Crippen molar-refractivity contribution in [2.75, 3.05) is 6.26 Å². The molecule has 2 aromatic rings. The first kappa shape index (κ1) is 13.3. The van der Waals surface area contributed by atoms with Crippen molar-refractivity contribution >= 4 is 11.8 Å². The Morgan fingerprint density at radius 3 is 2.89 bits per heavy atom. The first-order valence-electron chi connectivity index (χ1n) is 5.72. The van der Waals surface area contributed by atoms with Crippen molar-refractivity contribution in [1.82, 2.24) is 15.0 Å². The molecule has 1 N–H and O–H groups in total. The number of nitrogens with one attached hydrogen (secondary N) is 1. The molecule has 19 heavy (non-hydrogen) atoms. The number of hydrogen-bond acceptors (Lipinski definition) is 5. The molecule has 96 valence electrons. The van der Waals surface area contributed by atoms with Crippen LogP contribution in [0.4, 0.5) is 0 Å². The Morgan fingerprint density at radius 1 is 1.47 bits per heavy atom. The van der Waals surface area contributed by atoms with Crippen molar-refractivity contribution in [1.29, 1.82) is 5.26 Å². The molecule has 0 aliphatic rings. The summed E-state index contributed by atoms with van der Waals surface area (Å²) in [7, 11) is 0. The standard InChI is InChI=1S/C13H12N4OS/c1-3-8-4-9(7-15-6-8)11-10(5-14)12(18)17-13(16-11)19-2/h4,6-7H,3H2,1-2H3,(H,16,17,18). The summed E-state index contributed by atoms with van der Waals surface area (Å²) >= 11 is 1.32. The van der Waals surface area contributed by atoms with Gasteiger partial charge in [0.05, 0.1) is 5.69 Å². The van der Waals surface area contributed by atoms with Crippen molar-refractivity contribution in [3.05, 3.63) is 39.9 Å². The Balaban J connectivity index is 2.69. The van der Waals surface area contributed by atoms with Gasteiger partial charge in [0.1, 0.15) is 11.6 Å². The molecule has 0 aliphatic heterocycles. The lowest BCUT2D eigenvalue weighted by Gasteiger charge is -2.06. The number of thioether (sulfide) groups is 1. The molecule has 2 heterocycles. The second kappa shape index (κ2) is 5.67. The lowest BCUT2D eigenvalue weighted by Crippen LogP contribution is -2.14. The van der Waals surface area contributed by atoms with Crippen LogP contribution in [0.3, 0.4) is 0 Å². The molecular formula is C13H12N4OS. The van der Waals surface area contributed by atoms with Gasteiger partial charge in [-0.15, -0.1) is 0 Å². The predicted octanol–water partition coefficient (Wildman–Crippen LogP) is 1.99. The third-order valence-corrected chi connectivity index (χ3v) is 3.26. The van der Waals surface area contributed by atoms with Gasteiger partial charge in [0, 0.05) is 18.0 Å². The Kier molecular flexibility index (Phi) is 3.97. The average molecular weight is 272 g/mol. The van der Waals surface area contributed by atoms with Crippen molar-refractivity contribution in [3.63, 3.8) is 0 Å². The quantitative estimate of drug-likeness (QED) is 0.682. The summed E-state index contributed by atoms with van der Waals surface area (Å²) in [5.41, 5.74) is 1.72. The van der Waals surface area contributed by atoms with Crippen LogP contribution in [-0.2, 0) is 6.42 Å². The van der Waals surface area contributed by atoms with E-state index in [1.165, 1.54) is 11.8 Å². The number of aromatic amines is 1. The molecule has 0 aliphatic carbocycles. The van der Waals surface area contributed by atoms with E-state index >= 15 is 0 Å². The number of nitriles is 1. The highest BCUT2D eigenvalue weighted by atomic mass is 32.2. The largest absolute Gasteiger partial charge is 0.300 e. The first-order chi connectivity index (χ1) is 9.19. The summed E-state index contributed by atoms with van der Waals surface area (Å²) in [6, 6.07) is 3.81. The van der Waals surface area contributed by atoms with Crippen molar-refractivity contribution < 1.29 is 0 Å². The number of nitrogens with zero attached hydrogens (tertiary/aromatic N) is 3. The van der Waals surface area contributed by atoms with Gasteiger partial charge in [-0.1, -0.05) is 18.7 Å². The molecule has 2 aromatic heterocycles. The van der Waals surface area contributed by atoms with E-state index in [4.69, 9.17) is 5.26 Å². The number of aryl methyl sites for hydroxylation is 1. The number of aromatic nitrogens is 3. The molecule has 0 saturated heterocycles. The van der Waals surface area contributed by atoms with Crippen LogP contribution < -0.4 is 5.56 Å². The topological polar surface area (TPSA) is 82.4 Å². The fourth-order valence-corrected chi connectivity index (χ4v) is 2.05. The molecule has 0 aromatic carbocycles. The summed E-state index contributed by atoms with van der Waals surface area (Å²) in [5, 5.41) is 9.60. The van der Waals surface area contributed by atoms with E-state index in [2.05, 4.69) is 15.0 Å². The molecule has 0 atom stereocenters. The lowest BCUT2D eigenvalue weighted by atomic mass is 10.1. The van der Waals surface area contributed by atoms with E-state index in [-0.39, 0.29) is 5.56 Å². The normalized spacial score (nSPS) is 10.2. The van der Waals surface area contributed by atoms with E-state index in [0.29, 0.717) is 16.4 Å². The maximum absolute atomic E-state index is 11.8. The average Bonchev–Trinajstić information content (AvgIpc) is 2.46. The summed E-state index contributed by atoms with van der Waals surface area (Å²) in [6.45, 7) is 2.02. The van der Waals surface area contributed by atoms with Crippen LogP contribution in [0.2, 0.25) is 0 Å². The van der Waals surface area contributed by atoms with Gasteiger partial charge in [0.15, 0.2) is 5.16 Å². The van der Waals surface area contributed by atoms with Gasteiger partial charge in [-0.3, -0.25) is 9.78 Å². The van der Waals surface area contributed by atoms with Crippen molar-refractivity contribution in [2.24, 2.45) is 0 Å². The maximum atomic E-state index is 11.8. The number of H-pyrrole nitrogens is 1. The molecule has 0 radical (unpaired) electrons. The van der Waals surface area contributed by atoms with Gasteiger partial charge < -0.3 is 4.98 Å². The van der Waals surface area contributed by atoms with Crippen LogP contribution in [0.1, 0.15) is 18.1 Å². The van der Waals surface area contributed by atoms with E-state index in [0.717, 1.165) is 12.0 Å². The van der Waals surface area contributed by atoms with Gasteiger partial charge in [-0.25, -0.2) is 4.98 Å². The van der Waals surface area contributed by atoms with Gasteiger partial charge in [-0.2, -0.15) is 5.26 Å². The zero-order valence-electron chi connectivity index (χ0n) is 10.6. The van der Waals surface area contributed by atoms with Crippen LogP contribution in [0.25, 0.3) is 11.3 Å². The van der Waals surface area contributed by atoms with Crippen LogP contribution in [0.15, 0.2) is 28.4 Å². The summed E-state index contributed by atoms with van der Waals surface area (Å²) < 4.78 is 0. The Bertz CT molecular complexity index is 703. The highest BCUT2D eigenvalue weighted by molar-refractivity contribution is 7.98. The van der Waals surface area contributed by atoms with Crippen molar-refractivity contribution in [2.45, 2.75) is 18.5 Å². The van der Waals surface area contributed by atoms with Gasteiger partial charge in [-0.05, 0) is 24.3 Å². The molecular weight excluding hydrogens is 260 g/mol. The van der Waals surface area contributed by atoms with Gasteiger partial charge >= 0.3 is 0 Å². The predicted molar refractivity (Wildman–Crippen MR) is 74.0 cm³/mol. The summed E-state index contributed by atoms with van der Waals surface area (Å²) in [6.07, 6.45) is 6.03. The summed E-state index contributed by atoms with van der Waals surface area (Å²) in [5.74, 6) is 0. The third kappa shape index (κ3) is 2.66. The molecule has 0 saturated carbocycles. The zero-order valence-corrected chi connectivity index (χ0v) is 11.4. The lowest BCUT2D eigenvalue weighted by molar-refractivity contribution is 0.936. The molecule has 0 fully saturated rings. The van der Waals surface area contributed by atoms with Gasteiger partial charge in [0.2, 0.25) is 0 Å². The zero-order chi connectivity index (χ0) is 13.8. The minimum Gasteiger partial charge on any atom is -0.300 e. The SMILES string of the molecule is CCc1cncc(-c2nc(SC)[nH]c(=O)c2C#N)c1. The van der Waals surface area contributed by atoms with Crippen LogP contribution >= 0.6 is 11.8 Å². The number of rotatable bonds is 3. The second-order valence-electron chi connectivity index (χ2n) is 3.85. The minimum absolute atomic E-state index is 0.0212. The maximum Gasteiger partial charge on any atom is 0.270 e. The molecule has 0 amide bonds. The van der Waals surface area contributed by atoms with Gasteiger partial charge in [0.25, 0.3) is 5.56 Å². The second-order valence-corrected chi connectivity index (χ2v) is 4.64. The fraction of sp³-hybridized carbons (Fsp3) is 0.231. The number of hydrogen-bond donors (Lipinski definition) is 1. The smallest absolute Gasteiger partial charge is 0.270 e. The van der Waals surface area contributed by atoms with Crippen LogP contribution in [-0.4, -0.2) is 21.2 Å². The van der Waals surface area contributed by atoms with E-state index in [1.54, 1.807) is 12.4 Å². The Labute approximate surface area is 114 Å². The molecule has 0 bridgehead atoms. The number of pyridine rings is 1. The Hall–Kier alpha value is -2.13. The first-order valence-corrected chi connectivity index (χ1v) is 6.94. The molecule has 0 unspecified atom stereocenters. The van der Waals surface area contributed by atoms with Crippen LogP contribution in [0, 0.1) is 11.3 Å². The fourth-order valence-electron chi connectivity index (χ4n) is 1.67. The highest BCUT2D eigenvalue weighted by Gasteiger charge is 2.13. The molecule has 0 spiro atoms. The van der Waals surface area contributed by atoms with E-state index in [9.17, 15) is 4.79 Å². The molecule has 6 heteroatoms. The minimum atomic E-state index is -0.418. The molecule has 2 rings (SSSR count). The monoisotopic (exact) mass is 272 g/mol. The Morgan fingerprint density at radius 2 is 2.26 bits per heavy atom. The van der Waals surface area contributed by atoms with E-state index in [1.807, 2.05) is 25.3 Å². The molecule has 5 nitrogen and oxygen atoms in total. The van der Waals surface area contributed by atoms with E-state index < -0.39 is 5.56 Å². The highest BCUT2D eigenvalue weighted by Crippen LogP contribution is 2.21.